The van der Waals surface area contributed by atoms with E-state index in [1.54, 1.807) is 0 Å². The number of rotatable bonds is 4. The number of nitrogens with zero attached hydrogens (tertiary/aromatic N) is 1. The lowest BCUT2D eigenvalue weighted by Crippen LogP contribution is -2.40. The average Bonchev–Trinajstić information content (AvgIpc) is 2.69. The molecule has 0 aromatic rings. The number of nitrogens with one attached hydrogen (secondary N) is 1. The highest BCUT2D eigenvalue weighted by atomic mass is 15.2. The molecule has 2 heteroatoms. The van der Waals surface area contributed by atoms with Crippen molar-refractivity contribution < 1.29 is 0 Å². The van der Waals surface area contributed by atoms with Gasteiger partial charge in [-0.15, -0.1) is 0 Å². The van der Waals surface area contributed by atoms with Crippen LogP contribution in [0.5, 0.6) is 0 Å². The van der Waals surface area contributed by atoms with Crippen LogP contribution in [0.15, 0.2) is 0 Å². The first kappa shape index (κ1) is 12.4. The van der Waals surface area contributed by atoms with Crippen molar-refractivity contribution in [1.29, 1.82) is 0 Å². The van der Waals surface area contributed by atoms with Crippen molar-refractivity contribution in [3.8, 4) is 0 Å². The summed E-state index contributed by atoms with van der Waals surface area (Å²) in [7, 11) is 0. The first-order chi connectivity index (χ1) is 7.66. The van der Waals surface area contributed by atoms with Crippen LogP contribution in [0.25, 0.3) is 0 Å². The van der Waals surface area contributed by atoms with E-state index in [0.717, 1.165) is 6.04 Å². The quantitative estimate of drug-likeness (QED) is 0.790. The van der Waals surface area contributed by atoms with Gasteiger partial charge in [-0.1, -0.05) is 20.3 Å². The van der Waals surface area contributed by atoms with Crippen molar-refractivity contribution in [2.24, 2.45) is 5.41 Å². The van der Waals surface area contributed by atoms with Gasteiger partial charge in [0.2, 0.25) is 0 Å². The maximum Gasteiger partial charge on any atom is 0.0107 e. The van der Waals surface area contributed by atoms with Crippen molar-refractivity contribution in [2.75, 3.05) is 26.2 Å². The van der Waals surface area contributed by atoms with Gasteiger partial charge in [-0.05, 0) is 50.6 Å². The van der Waals surface area contributed by atoms with E-state index in [-0.39, 0.29) is 0 Å². The molecular formula is C14H28N2. The zero-order valence-corrected chi connectivity index (χ0v) is 11.1. The largest absolute Gasteiger partial charge is 0.313 e. The van der Waals surface area contributed by atoms with E-state index in [1.165, 1.54) is 64.7 Å². The molecule has 1 saturated heterocycles. The summed E-state index contributed by atoms with van der Waals surface area (Å²) >= 11 is 0. The summed E-state index contributed by atoms with van der Waals surface area (Å²) in [6.07, 6.45) is 8.41. The molecule has 0 aromatic carbocycles. The highest BCUT2D eigenvalue weighted by Gasteiger charge is 2.27. The molecule has 1 aliphatic heterocycles. The van der Waals surface area contributed by atoms with Crippen LogP contribution in [0.2, 0.25) is 0 Å². The molecule has 0 aromatic heterocycles. The van der Waals surface area contributed by atoms with Crippen molar-refractivity contribution in [1.82, 2.24) is 10.2 Å². The van der Waals surface area contributed by atoms with Crippen molar-refractivity contribution in [3.63, 3.8) is 0 Å². The minimum absolute atomic E-state index is 0.573. The zero-order valence-electron chi connectivity index (χ0n) is 11.1. The maximum absolute atomic E-state index is 3.76. The molecule has 2 rings (SSSR count). The van der Waals surface area contributed by atoms with Gasteiger partial charge in [0, 0.05) is 19.1 Å². The first-order valence-corrected chi connectivity index (χ1v) is 7.11. The Kier molecular flexibility index (Phi) is 4.26. The van der Waals surface area contributed by atoms with Gasteiger partial charge in [-0.3, -0.25) is 0 Å². The van der Waals surface area contributed by atoms with Gasteiger partial charge in [0.25, 0.3) is 0 Å². The van der Waals surface area contributed by atoms with E-state index in [4.69, 9.17) is 0 Å². The van der Waals surface area contributed by atoms with E-state index in [1.807, 2.05) is 0 Å². The van der Waals surface area contributed by atoms with Gasteiger partial charge < -0.3 is 10.2 Å². The Balaban J connectivity index is 1.61. The Labute approximate surface area is 101 Å². The normalized spacial score (nSPS) is 30.8. The number of hydrogen-bond donors (Lipinski definition) is 1. The third kappa shape index (κ3) is 3.74. The Morgan fingerprint density at radius 2 is 1.94 bits per heavy atom. The summed E-state index contributed by atoms with van der Waals surface area (Å²) in [5.74, 6) is 0. The van der Waals surface area contributed by atoms with Gasteiger partial charge in [0.05, 0.1) is 0 Å². The second-order valence-corrected chi connectivity index (χ2v) is 6.46. The van der Waals surface area contributed by atoms with Crippen molar-refractivity contribution in [3.05, 3.63) is 0 Å². The molecule has 0 amide bonds. The summed E-state index contributed by atoms with van der Waals surface area (Å²) in [5.41, 5.74) is 0.573. The standard InChI is InChI=1S/C14H28N2/c1-14(2)7-5-6-13(12-14)15-8-11-16-9-3-4-10-16/h13,15H,3-12H2,1-2H3. The highest BCUT2D eigenvalue weighted by molar-refractivity contribution is 4.83. The van der Waals surface area contributed by atoms with Crippen LogP contribution in [-0.4, -0.2) is 37.1 Å². The predicted octanol–water partition coefficient (Wildman–Crippen LogP) is 2.64. The molecule has 1 aliphatic carbocycles. The van der Waals surface area contributed by atoms with E-state index < -0.39 is 0 Å². The molecule has 1 saturated carbocycles. The van der Waals surface area contributed by atoms with Crippen LogP contribution in [0.3, 0.4) is 0 Å². The molecule has 0 bridgehead atoms. The Bertz CT molecular complexity index is 207. The lowest BCUT2D eigenvalue weighted by atomic mass is 9.75. The van der Waals surface area contributed by atoms with Gasteiger partial charge in [0.15, 0.2) is 0 Å². The second kappa shape index (κ2) is 5.50. The molecular weight excluding hydrogens is 196 g/mol. The third-order valence-electron chi connectivity index (χ3n) is 4.26. The Morgan fingerprint density at radius 3 is 2.62 bits per heavy atom. The third-order valence-corrected chi connectivity index (χ3v) is 4.26. The zero-order chi connectivity index (χ0) is 11.4. The number of likely N-dealkylation sites (tertiary alicyclic amines) is 1. The summed E-state index contributed by atoms with van der Waals surface area (Å²) < 4.78 is 0. The molecule has 0 spiro atoms. The molecule has 94 valence electrons. The molecule has 1 atom stereocenters. The molecule has 2 nitrogen and oxygen atoms in total. The lowest BCUT2D eigenvalue weighted by Gasteiger charge is -2.36. The van der Waals surface area contributed by atoms with E-state index in [0.29, 0.717) is 5.41 Å². The minimum Gasteiger partial charge on any atom is -0.313 e. The van der Waals surface area contributed by atoms with E-state index in [9.17, 15) is 0 Å². The minimum atomic E-state index is 0.573. The number of hydrogen-bond acceptors (Lipinski definition) is 2. The first-order valence-electron chi connectivity index (χ1n) is 7.11. The molecule has 1 unspecified atom stereocenters. The van der Waals surface area contributed by atoms with Crippen LogP contribution < -0.4 is 5.32 Å². The van der Waals surface area contributed by atoms with E-state index in [2.05, 4.69) is 24.1 Å². The van der Waals surface area contributed by atoms with Crippen LogP contribution in [0.4, 0.5) is 0 Å². The summed E-state index contributed by atoms with van der Waals surface area (Å²) in [4.78, 5) is 2.60. The highest BCUT2D eigenvalue weighted by Crippen LogP contribution is 2.34. The predicted molar refractivity (Wildman–Crippen MR) is 69.7 cm³/mol. The lowest BCUT2D eigenvalue weighted by molar-refractivity contribution is 0.194. The molecule has 16 heavy (non-hydrogen) atoms. The average molecular weight is 224 g/mol. The van der Waals surface area contributed by atoms with Crippen LogP contribution in [0, 0.1) is 5.41 Å². The van der Waals surface area contributed by atoms with Crippen LogP contribution >= 0.6 is 0 Å². The smallest absolute Gasteiger partial charge is 0.0107 e. The fourth-order valence-corrected chi connectivity index (χ4v) is 3.31. The van der Waals surface area contributed by atoms with Gasteiger partial charge in [-0.2, -0.15) is 0 Å². The fraction of sp³-hybridized carbons (Fsp3) is 1.00. The van der Waals surface area contributed by atoms with Gasteiger partial charge >= 0.3 is 0 Å². The van der Waals surface area contributed by atoms with Gasteiger partial charge in [-0.25, -0.2) is 0 Å². The van der Waals surface area contributed by atoms with Crippen LogP contribution in [-0.2, 0) is 0 Å². The van der Waals surface area contributed by atoms with Crippen LogP contribution in [0.1, 0.15) is 52.4 Å². The molecule has 1 heterocycles. The van der Waals surface area contributed by atoms with Gasteiger partial charge in [0.1, 0.15) is 0 Å². The topological polar surface area (TPSA) is 15.3 Å². The monoisotopic (exact) mass is 224 g/mol. The van der Waals surface area contributed by atoms with Crippen molar-refractivity contribution >= 4 is 0 Å². The molecule has 0 radical (unpaired) electrons. The summed E-state index contributed by atoms with van der Waals surface area (Å²) in [6, 6.07) is 0.784. The molecule has 1 N–H and O–H groups in total. The SMILES string of the molecule is CC1(C)CCCC(NCCN2CCCC2)C1. The summed E-state index contributed by atoms with van der Waals surface area (Å²) in [6.45, 7) is 9.95. The molecule has 2 fully saturated rings. The van der Waals surface area contributed by atoms with Crippen molar-refractivity contribution in [2.45, 2.75) is 58.4 Å². The van der Waals surface area contributed by atoms with E-state index >= 15 is 0 Å². The molecule has 2 aliphatic rings. The second-order valence-electron chi connectivity index (χ2n) is 6.46. The fourth-order valence-electron chi connectivity index (χ4n) is 3.31. The summed E-state index contributed by atoms with van der Waals surface area (Å²) in [5, 5.41) is 3.76. The Hall–Kier alpha value is -0.0800. The maximum atomic E-state index is 3.76. The Morgan fingerprint density at radius 1 is 1.19 bits per heavy atom.